The Bertz CT molecular complexity index is 1180. The normalized spacial score (nSPS) is 15.7. The van der Waals surface area contributed by atoms with Gasteiger partial charge in [-0.3, -0.25) is 9.69 Å². The minimum atomic E-state index is 0.0950. The molecule has 1 aromatic carbocycles. The predicted octanol–water partition coefficient (Wildman–Crippen LogP) is 2.84. The van der Waals surface area contributed by atoms with Crippen molar-refractivity contribution in [3.05, 3.63) is 64.8 Å². The monoisotopic (exact) mass is 393 g/mol. The Hall–Kier alpha value is -2.64. The van der Waals surface area contributed by atoms with Crippen LogP contribution in [0.3, 0.4) is 0 Å². The van der Waals surface area contributed by atoms with E-state index >= 15 is 0 Å². The largest absolute Gasteiger partial charge is 0.353 e. The summed E-state index contributed by atoms with van der Waals surface area (Å²) in [4.78, 5) is 17.5. The molecule has 5 rings (SSSR count). The summed E-state index contributed by atoms with van der Waals surface area (Å²) >= 11 is 1.57. The standard InChI is InChI=1S/C21H23N5OS/c1-16-6-7-24-14-15-26(21(27)19(16)24)13-10-23-8-11-25(12-9-23)20-17-4-2-3-5-18(17)28-22-20/h2-7,14-15H,8-13H2,1H3. The quantitative estimate of drug-likeness (QED) is 0.535. The number of hydrogen-bond donors (Lipinski definition) is 0. The highest BCUT2D eigenvalue weighted by atomic mass is 32.1. The summed E-state index contributed by atoms with van der Waals surface area (Å²) in [6, 6.07) is 10.4. The number of benzene rings is 1. The van der Waals surface area contributed by atoms with Crippen molar-refractivity contribution in [2.45, 2.75) is 13.5 Å². The molecule has 1 fully saturated rings. The third-order valence-corrected chi connectivity index (χ3v) is 6.49. The summed E-state index contributed by atoms with van der Waals surface area (Å²) in [6.45, 7) is 7.53. The smallest absolute Gasteiger partial charge is 0.275 e. The predicted molar refractivity (Wildman–Crippen MR) is 115 cm³/mol. The minimum absolute atomic E-state index is 0.0950. The van der Waals surface area contributed by atoms with Crippen LogP contribution in [0, 0.1) is 6.92 Å². The van der Waals surface area contributed by atoms with Gasteiger partial charge in [0.05, 0.1) is 4.70 Å². The van der Waals surface area contributed by atoms with Crippen molar-refractivity contribution in [1.29, 1.82) is 0 Å². The average Bonchev–Trinajstić information content (AvgIpc) is 3.32. The Morgan fingerprint density at radius 3 is 2.68 bits per heavy atom. The maximum absolute atomic E-state index is 12.7. The zero-order valence-corrected chi connectivity index (χ0v) is 16.7. The van der Waals surface area contributed by atoms with Crippen molar-refractivity contribution in [1.82, 2.24) is 18.2 Å². The fraction of sp³-hybridized carbons (Fsp3) is 0.333. The lowest BCUT2D eigenvalue weighted by atomic mass is 10.2. The molecule has 0 bridgehead atoms. The van der Waals surface area contributed by atoms with E-state index in [1.807, 2.05) is 40.5 Å². The van der Waals surface area contributed by atoms with E-state index in [0.717, 1.165) is 56.2 Å². The van der Waals surface area contributed by atoms with Crippen molar-refractivity contribution in [3.8, 4) is 0 Å². The molecule has 0 saturated carbocycles. The number of aromatic nitrogens is 3. The third kappa shape index (κ3) is 3.00. The topological polar surface area (TPSA) is 45.8 Å². The molecular weight excluding hydrogens is 370 g/mol. The number of fused-ring (bicyclic) bond motifs is 2. The van der Waals surface area contributed by atoms with Gasteiger partial charge in [0.15, 0.2) is 0 Å². The van der Waals surface area contributed by atoms with Crippen LogP contribution in [-0.4, -0.2) is 51.0 Å². The van der Waals surface area contributed by atoms with Crippen LogP contribution in [0.15, 0.2) is 53.7 Å². The van der Waals surface area contributed by atoms with Crippen LogP contribution >= 0.6 is 11.5 Å². The third-order valence-electron chi connectivity index (χ3n) is 5.67. The van der Waals surface area contributed by atoms with E-state index in [-0.39, 0.29) is 5.56 Å². The lowest BCUT2D eigenvalue weighted by Gasteiger charge is -2.35. The molecule has 0 aliphatic carbocycles. The molecule has 1 aliphatic heterocycles. The molecule has 0 amide bonds. The van der Waals surface area contributed by atoms with Crippen LogP contribution in [0.2, 0.25) is 0 Å². The van der Waals surface area contributed by atoms with Gasteiger partial charge in [0.25, 0.3) is 5.56 Å². The summed E-state index contributed by atoms with van der Waals surface area (Å²) < 4.78 is 9.67. The van der Waals surface area contributed by atoms with Gasteiger partial charge in [-0.25, -0.2) is 0 Å². The molecule has 0 N–H and O–H groups in total. The van der Waals surface area contributed by atoms with Crippen molar-refractivity contribution >= 4 is 33.0 Å². The van der Waals surface area contributed by atoms with E-state index in [1.165, 1.54) is 10.1 Å². The van der Waals surface area contributed by atoms with Crippen molar-refractivity contribution < 1.29 is 0 Å². The number of rotatable bonds is 4. The highest BCUT2D eigenvalue weighted by molar-refractivity contribution is 7.13. The Kier molecular flexibility index (Phi) is 4.41. The molecule has 0 atom stereocenters. The van der Waals surface area contributed by atoms with Crippen LogP contribution < -0.4 is 10.5 Å². The lowest BCUT2D eigenvalue weighted by molar-refractivity contribution is 0.247. The van der Waals surface area contributed by atoms with Gasteiger partial charge in [-0.1, -0.05) is 12.1 Å². The summed E-state index contributed by atoms with van der Waals surface area (Å²) in [5, 5.41) is 1.25. The van der Waals surface area contributed by atoms with Gasteiger partial charge in [0, 0.05) is 63.2 Å². The van der Waals surface area contributed by atoms with E-state index in [0.29, 0.717) is 0 Å². The maximum Gasteiger partial charge on any atom is 0.275 e. The zero-order valence-electron chi connectivity index (χ0n) is 15.9. The van der Waals surface area contributed by atoms with E-state index < -0.39 is 0 Å². The van der Waals surface area contributed by atoms with Gasteiger partial charge in [0.2, 0.25) is 0 Å². The molecule has 6 nitrogen and oxygen atoms in total. The molecule has 4 aromatic rings. The molecule has 1 saturated heterocycles. The number of piperazine rings is 1. The van der Waals surface area contributed by atoms with Crippen LogP contribution in [-0.2, 0) is 6.54 Å². The summed E-state index contributed by atoms with van der Waals surface area (Å²) in [6.07, 6.45) is 5.80. The fourth-order valence-corrected chi connectivity index (χ4v) is 4.81. The van der Waals surface area contributed by atoms with Gasteiger partial charge < -0.3 is 13.9 Å². The maximum atomic E-state index is 12.7. The second-order valence-corrected chi connectivity index (χ2v) is 8.19. The zero-order chi connectivity index (χ0) is 19.1. The second-order valence-electron chi connectivity index (χ2n) is 7.38. The summed E-state index contributed by atoms with van der Waals surface area (Å²) in [7, 11) is 0. The SMILES string of the molecule is Cc1ccn2ccn(CCN3CCN(c4nsc5ccccc45)CC3)c(=O)c12. The van der Waals surface area contributed by atoms with Crippen molar-refractivity contribution in [2.75, 3.05) is 37.6 Å². The van der Waals surface area contributed by atoms with Crippen molar-refractivity contribution in [3.63, 3.8) is 0 Å². The molecule has 3 aromatic heterocycles. The van der Waals surface area contributed by atoms with Crippen LogP contribution in [0.25, 0.3) is 15.6 Å². The number of hydrogen-bond acceptors (Lipinski definition) is 5. The Morgan fingerprint density at radius 1 is 1.00 bits per heavy atom. The highest BCUT2D eigenvalue weighted by Crippen LogP contribution is 2.29. The number of aryl methyl sites for hydroxylation is 1. The first-order valence-electron chi connectivity index (χ1n) is 9.69. The number of anilines is 1. The van der Waals surface area contributed by atoms with Gasteiger partial charge in [-0.05, 0) is 42.2 Å². The molecule has 28 heavy (non-hydrogen) atoms. The molecular formula is C21H23N5OS. The molecule has 7 heteroatoms. The van der Waals surface area contributed by atoms with E-state index in [1.54, 1.807) is 11.5 Å². The van der Waals surface area contributed by atoms with Crippen LogP contribution in [0.5, 0.6) is 0 Å². The Balaban J connectivity index is 1.24. The average molecular weight is 394 g/mol. The van der Waals surface area contributed by atoms with Crippen LogP contribution in [0.4, 0.5) is 5.82 Å². The molecule has 0 radical (unpaired) electrons. The summed E-state index contributed by atoms with van der Waals surface area (Å²) in [5.74, 6) is 1.12. The Labute approximate surface area is 167 Å². The van der Waals surface area contributed by atoms with E-state index in [2.05, 4.69) is 38.4 Å². The molecule has 0 spiro atoms. The lowest BCUT2D eigenvalue weighted by Crippen LogP contribution is -2.47. The van der Waals surface area contributed by atoms with E-state index in [4.69, 9.17) is 0 Å². The molecule has 144 valence electrons. The first-order chi connectivity index (χ1) is 13.7. The second kappa shape index (κ2) is 7.07. The number of nitrogens with zero attached hydrogens (tertiary/aromatic N) is 5. The van der Waals surface area contributed by atoms with Gasteiger partial charge in [0.1, 0.15) is 11.3 Å². The summed E-state index contributed by atoms with van der Waals surface area (Å²) in [5.41, 5.74) is 1.91. The van der Waals surface area contributed by atoms with Gasteiger partial charge >= 0.3 is 0 Å². The fourth-order valence-electron chi connectivity index (χ4n) is 4.02. The first kappa shape index (κ1) is 17.5. The Morgan fingerprint density at radius 2 is 1.82 bits per heavy atom. The minimum Gasteiger partial charge on any atom is -0.353 e. The van der Waals surface area contributed by atoms with Crippen LogP contribution in [0.1, 0.15) is 5.56 Å². The van der Waals surface area contributed by atoms with E-state index in [9.17, 15) is 4.79 Å². The first-order valence-corrected chi connectivity index (χ1v) is 10.5. The van der Waals surface area contributed by atoms with Crippen molar-refractivity contribution in [2.24, 2.45) is 0 Å². The molecule has 4 heterocycles. The molecule has 0 unspecified atom stereocenters. The van der Waals surface area contributed by atoms with Gasteiger partial charge in [-0.2, -0.15) is 4.37 Å². The van der Waals surface area contributed by atoms with Gasteiger partial charge in [-0.15, -0.1) is 0 Å². The highest BCUT2D eigenvalue weighted by Gasteiger charge is 2.20. The molecule has 1 aliphatic rings.